The van der Waals surface area contributed by atoms with Gasteiger partial charge in [0.1, 0.15) is 0 Å². The van der Waals surface area contributed by atoms with Gasteiger partial charge in [-0.2, -0.15) is 13.2 Å². The molecule has 0 aliphatic rings. The molecule has 144 valence electrons. The molecule has 3 aromatic rings. The average molecular weight is 403 g/mol. The van der Waals surface area contributed by atoms with Crippen molar-refractivity contribution >= 4 is 23.4 Å². The maximum Gasteiger partial charge on any atom is 0.416 e. The van der Waals surface area contributed by atoms with Gasteiger partial charge < -0.3 is 5.32 Å². The Hall–Kier alpha value is -2.87. The number of thioether (sulfide) groups is 1. The third-order valence-corrected chi connectivity index (χ3v) is 4.75. The number of alkyl halides is 3. The van der Waals surface area contributed by atoms with Crippen molar-refractivity contribution in [2.24, 2.45) is 0 Å². The van der Waals surface area contributed by atoms with Gasteiger partial charge in [0, 0.05) is 22.3 Å². The van der Waals surface area contributed by atoms with Crippen molar-refractivity contribution in [2.75, 3.05) is 11.6 Å². The van der Waals surface area contributed by atoms with Gasteiger partial charge in [-0.3, -0.25) is 4.79 Å². The van der Waals surface area contributed by atoms with Crippen LogP contribution in [0.3, 0.4) is 0 Å². The highest BCUT2D eigenvalue weighted by Crippen LogP contribution is 2.30. The van der Waals surface area contributed by atoms with Crippen LogP contribution in [-0.4, -0.2) is 22.1 Å². The van der Waals surface area contributed by atoms with Crippen LogP contribution in [0, 0.1) is 6.92 Å². The lowest BCUT2D eigenvalue weighted by molar-refractivity contribution is -0.137. The molecule has 0 aliphatic carbocycles. The summed E-state index contributed by atoms with van der Waals surface area (Å²) < 4.78 is 38.0. The molecule has 3 rings (SSSR count). The molecule has 0 saturated carbocycles. The number of nitrogens with zero attached hydrogens (tertiary/aromatic N) is 2. The van der Waals surface area contributed by atoms with E-state index >= 15 is 0 Å². The van der Waals surface area contributed by atoms with E-state index in [1.807, 2.05) is 24.5 Å². The summed E-state index contributed by atoms with van der Waals surface area (Å²) in [4.78, 5) is 21.9. The number of aryl methyl sites for hydroxylation is 1. The Morgan fingerprint density at radius 2 is 1.82 bits per heavy atom. The Labute approximate surface area is 164 Å². The van der Waals surface area contributed by atoms with E-state index in [4.69, 9.17) is 0 Å². The topological polar surface area (TPSA) is 54.9 Å². The number of carbonyl (C=O) groups excluding carboxylic acids is 1. The van der Waals surface area contributed by atoms with Crippen LogP contribution in [-0.2, 0) is 6.18 Å². The maximum absolute atomic E-state index is 12.7. The lowest BCUT2D eigenvalue weighted by atomic mass is 10.1. The van der Waals surface area contributed by atoms with Gasteiger partial charge in [-0.05, 0) is 43.5 Å². The summed E-state index contributed by atoms with van der Waals surface area (Å²) in [6, 6.07) is 12.0. The fourth-order valence-electron chi connectivity index (χ4n) is 2.54. The van der Waals surface area contributed by atoms with Crippen LogP contribution in [0.15, 0.2) is 59.6 Å². The summed E-state index contributed by atoms with van der Waals surface area (Å²) in [6.07, 6.45) is -1.08. The third kappa shape index (κ3) is 4.51. The van der Waals surface area contributed by atoms with Crippen molar-refractivity contribution in [3.63, 3.8) is 0 Å². The molecule has 8 heteroatoms. The molecule has 4 nitrogen and oxygen atoms in total. The summed E-state index contributed by atoms with van der Waals surface area (Å²) >= 11 is 1.56. The highest BCUT2D eigenvalue weighted by molar-refractivity contribution is 7.98. The molecule has 0 saturated heterocycles. The van der Waals surface area contributed by atoms with Gasteiger partial charge in [0.15, 0.2) is 5.82 Å². The van der Waals surface area contributed by atoms with E-state index in [1.54, 1.807) is 24.8 Å². The first-order valence-corrected chi connectivity index (χ1v) is 9.47. The Morgan fingerprint density at radius 3 is 2.43 bits per heavy atom. The van der Waals surface area contributed by atoms with E-state index in [-0.39, 0.29) is 11.7 Å². The molecule has 0 aliphatic heterocycles. The molecule has 1 heterocycles. The monoisotopic (exact) mass is 403 g/mol. The van der Waals surface area contributed by atoms with Gasteiger partial charge >= 0.3 is 6.18 Å². The molecule has 0 atom stereocenters. The molecule has 1 amide bonds. The average Bonchev–Trinajstić information content (AvgIpc) is 2.67. The summed E-state index contributed by atoms with van der Waals surface area (Å²) in [5, 5.41) is 2.80. The first kappa shape index (κ1) is 19.9. The van der Waals surface area contributed by atoms with E-state index in [1.165, 1.54) is 18.3 Å². The van der Waals surface area contributed by atoms with Gasteiger partial charge in [0.25, 0.3) is 5.91 Å². The Morgan fingerprint density at radius 1 is 1.11 bits per heavy atom. The quantitative estimate of drug-likeness (QED) is 0.589. The van der Waals surface area contributed by atoms with Crippen LogP contribution < -0.4 is 5.32 Å². The highest BCUT2D eigenvalue weighted by Gasteiger charge is 2.30. The van der Waals surface area contributed by atoms with Crippen LogP contribution in [0.4, 0.5) is 18.9 Å². The molecule has 0 bridgehead atoms. The number of benzene rings is 2. The highest BCUT2D eigenvalue weighted by atomic mass is 32.2. The minimum Gasteiger partial charge on any atom is -0.322 e. The van der Waals surface area contributed by atoms with Crippen molar-refractivity contribution in [3.8, 4) is 11.4 Å². The predicted octanol–water partition coefficient (Wildman–Crippen LogP) is 5.45. The third-order valence-electron chi connectivity index (χ3n) is 4.02. The van der Waals surface area contributed by atoms with Crippen molar-refractivity contribution in [1.29, 1.82) is 0 Å². The number of hydrogen-bond acceptors (Lipinski definition) is 4. The number of anilines is 1. The Bertz CT molecular complexity index is 1000. The molecule has 1 aromatic heterocycles. The largest absolute Gasteiger partial charge is 0.416 e. The second-order valence-corrected chi connectivity index (χ2v) is 6.83. The van der Waals surface area contributed by atoms with Crippen LogP contribution in [0.2, 0.25) is 0 Å². The first-order valence-electron chi connectivity index (χ1n) is 8.24. The molecule has 0 fully saturated rings. The zero-order valence-electron chi connectivity index (χ0n) is 15.0. The zero-order chi connectivity index (χ0) is 20.3. The van der Waals surface area contributed by atoms with Crippen LogP contribution in [0.25, 0.3) is 11.4 Å². The second-order valence-electron chi connectivity index (χ2n) is 5.95. The SMILES string of the molecule is CSc1cccc(NC(=O)c2cnc(-c3ccc(C(F)(F)F)cc3)nc2C)c1. The fraction of sp³-hybridized carbons (Fsp3) is 0.150. The summed E-state index contributed by atoms with van der Waals surface area (Å²) in [5.74, 6) is -0.0955. The zero-order valence-corrected chi connectivity index (χ0v) is 15.9. The molecular formula is C20H16F3N3OS. The number of amides is 1. The van der Waals surface area contributed by atoms with Crippen molar-refractivity contribution < 1.29 is 18.0 Å². The lowest BCUT2D eigenvalue weighted by Crippen LogP contribution is -2.15. The van der Waals surface area contributed by atoms with Gasteiger partial charge in [0.2, 0.25) is 0 Å². The number of carbonyl (C=O) groups is 1. The smallest absolute Gasteiger partial charge is 0.322 e. The summed E-state index contributed by atoms with van der Waals surface area (Å²) in [6.45, 7) is 1.66. The number of nitrogens with one attached hydrogen (secondary N) is 1. The van der Waals surface area contributed by atoms with Gasteiger partial charge in [-0.15, -0.1) is 11.8 Å². The van der Waals surface area contributed by atoms with Gasteiger partial charge in [0.05, 0.1) is 16.8 Å². The van der Waals surface area contributed by atoms with Crippen LogP contribution >= 0.6 is 11.8 Å². The van der Waals surface area contributed by atoms with E-state index in [0.29, 0.717) is 22.5 Å². The Kier molecular flexibility index (Phi) is 5.69. The first-order chi connectivity index (χ1) is 13.3. The maximum atomic E-state index is 12.7. The van der Waals surface area contributed by atoms with E-state index in [2.05, 4.69) is 15.3 Å². The number of aromatic nitrogens is 2. The molecular weight excluding hydrogens is 387 g/mol. The van der Waals surface area contributed by atoms with Gasteiger partial charge in [-0.25, -0.2) is 9.97 Å². The molecule has 28 heavy (non-hydrogen) atoms. The van der Waals surface area contributed by atoms with E-state index in [9.17, 15) is 18.0 Å². The van der Waals surface area contributed by atoms with Crippen molar-refractivity contribution in [2.45, 2.75) is 18.0 Å². The lowest BCUT2D eigenvalue weighted by Gasteiger charge is -2.10. The molecule has 0 spiro atoms. The second kappa shape index (κ2) is 8.02. The number of hydrogen-bond donors (Lipinski definition) is 1. The minimum absolute atomic E-state index is 0.257. The van der Waals surface area contributed by atoms with Crippen LogP contribution in [0.1, 0.15) is 21.6 Å². The molecule has 1 N–H and O–H groups in total. The number of rotatable bonds is 4. The minimum atomic E-state index is -4.40. The Balaban J connectivity index is 1.80. The summed E-state index contributed by atoms with van der Waals surface area (Å²) in [5.41, 5.74) is 1.09. The molecule has 2 aromatic carbocycles. The molecule has 0 radical (unpaired) electrons. The normalized spacial score (nSPS) is 11.3. The van der Waals surface area contributed by atoms with E-state index < -0.39 is 11.7 Å². The standard InChI is InChI=1S/C20H16F3N3OS/c1-12-17(19(27)26-15-4-3-5-16(10-15)28-2)11-24-18(25-12)13-6-8-14(9-7-13)20(21,22)23/h3-11H,1-2H3,(H,26,27). The van der Waals surface area contributed by atoms with Gasteiger partial charge in [-0.1, -0.05) is 18.2 Å². The number of halogens is 3. The van der Waals surface area contributed by atoms with E-state index in [0.717, 1.165) is 17.0 Å². The van der Waals surface area contributed by atoms with Crippen molar-refractivity contribution in [3.05, 3.63) is 71.5 Å². The fourth-order valence-corrected chi connectivity index (χ4v) is 3.00. The van der Waals surface area contributed by atoms with Crippen molar-refractivity contribution in [1.82, 2.24) is 9.97 Å². The van der Waals surface area contributed by atoms with Crippen LogP contribution in [0.5, 0.6) is 0 Å². The predicted molar refractivity (Wildman–Crippen MR) is 103 cm³/mol. The summed E-state index contributed by atoms with van der Waals surface area (Å²) in [7, 11) is 0. The molecule has 0 unspecified atom stereocenters.